The van der Waals surface area contributed by atoms with Crippen LogP contribution in [0.5, 0.6) is 0 Å². The van der Waals surface area contributed by atoms with Gasteiger partial charge in [-0.3, -0.25) is 0 Å². The summed E-state index contributed by atoms with van der Waals surface area (Å²) in [5, 5.41) is 17.4. The van der Waals surface area contributed by atoms with Gasteiger partial charge >= 0.3 is 0 Å². The smallest absolute Gasteiger partial charge is 0.139 e. The fourth-order valence-corrected chi connectivity index (χ4v) is 2.03. The number of hydrogen-bond acceptors (Lipinski definition) is 3. The van der Waals surface area contributed by atoms with E-state index in [1.165, 1.54) is 36.4 Å². The summed E-state index contributed by atoms with van der Waals surface area (Å²) in [5.74, 6) is -1.34. The van der Waals surface area contributed by atoms with Crippen LogP contribution in [0.15, 0.2) is 36.4 Å². The monoisotopic (exact) mass is 303 g/mol. The minimum Gasteiger partial charge on any atom is -0.396 e. The quantitative estimate of drug-likeness (QED) is 0.832. The average molecular weight is 303 g/mol. The highest BCUT2D eigenvalue weighted by molar-refractivity contribution is 5.66. The largest absolute Gasteiger partial charge is 0.396 e. The lowest BCUT2D eigenvalue weighted by atomic mass is 10.0. The number of nitriles is 1. The first-order valence-corrected chi connectivity index (χ1v) is 6.83. The van der Waals surface area contributed by atoms with Gasteiger partial charge in [0, 0.05) is 18.8 Å². The van der Waals surface area contributed by atoms with Gasteiger partial charge in [0.15, 0.2) is 0 Å². The Labute approximate surface area is 127 Å². The predicted octanol–water partition coefficient (Wildman–Crippen LogP) is 3.40. The third kappa shape index (κ3) is 3.67. The summed E-state index contributed by atoms with van der Waals surface area (Å²) in [7, 11) is 0. The number of nitrogens with zero attached hydrogens (tertiary/aromatic N) is 1. The second kappa shape index (κ2) is 7.64. The lowest BCUT2D eigenvalue weighted by Crippen LogP contribution is -2.02. The summed E-state index contributed by atoms with van der Waals surface area (Å²) in [5.41, 5.74) is 0.908. The third-order valence-corrected chi connectivity index (χ3v) is 3.18. The van der Waals surface area contributed by atoms with Gasteiger partial charge in [0.1, 0.15) is 11.6 Å². The first kappa shape index (κ1) is 16.1. The van der Waals surface area contributed by atoms with Crippen LogP contribution in [0.1, 0.15) is 17.5 Å². The zero-order valence-corrected chi connectivity index (χ0v) is 11.9. The summed E-state index contributed by atoms with van der Waals surface area (Å²) < 4.78 is 33.7. The number of halogens is 2. The molecule has 0 aliphatic rings. The second-order valence-corrected chi connectivity index (χ2v) is 4.71. The highest BCUT2D eigenvalue weighted by atomic mass is 19.1. The summed E-state index contributed by atoms with van der Waals surface area (Å²) in [6, 6.07) is 10.5. The zero-order valence-electron chi connectivity index (χ0n) is 11.9. The number of hydrogen-bond donors (Lipinski definition) is 1. The van der Waals surface area contributed by atoms with Crippen molar-refractivity contribution in [2.24, 2.45) is 0 Å². The molecule has 0 bridgehead atoms. The topological polar surface area (TPSA) is 53.2 Å². The van der Waals surface area contributed by atoms with E-state index < -0.39 is 11.6 Å². The second-order valence-electron chi connectivity index (χ2n) is 4.71. The first-order chi connectivity index (χ1) is 10.7. The van der Waals surface area contributed by atoms with Gasteiger partial charge in [0.2, 0.25) is 0 Å². The average Bonchev–Trinajstić information content (AvgIpc) is 2.54. The SMILES string of the molecule is N#Cc1ccc(-c2c(F)ccc(COCCCO)c2F)cc1. The van der Waals surface area contributed by atoms with E-state index in [1.54, 1.807) is 0 Å². The fraction of sp³-hybridized carbons (Fsp3) is 0.235. The van der Waals surface area contributed by atoms with E-state index in [-0.39, 0.29) is 24.3 Å². The van der Waals surface area contributed by atoms with Crippen LogP contribution in [0.2, 0.25) is 0 Å². The Hall–Kier alpha value is -2.29. The van der Waals surface area contributed by atoms with Gasteiger partial charge in [-0.25, -0.2) is 8.78 Å². The molecule has 2 aromatic rings. The molecule has 2 rings (SSSR count). The molecule has 0 aliphatic carbocycles. The van der Waals surface area contributed by atoms with E-state index in [9.17, 15) is 8.78 Å². The molecule has 2 aromatic carbocycles. The van der Waals surface area contributed by atoms with E-state index >= 15 is 0 Å². The summed E-state index contributed by atoms with van der Waals surface area (Å²) >= 11 is 0. The first-order valence-electron chi connectivity index (χ1n) is 6.83. The molecule has 1 N–H and O–H groups in total. The molecule has 0 fully saturated rings. The Kier molecular flexibility index (Phi) is 5.59. The normalized spacial score (nSPS) is 10.5. The van der Waals surface area contributed by atoms with Crippen LogP contribution in [0.3, 0.4) is 0 Å². The van der Waals surface area contributed by atoms with Crippen molar-refractivity contribution >= 4 is 0 Å². The highest BCUT2D eigenvalue weighted by Gasteiger charge is 2.15. The van der Waals surface area contributed by atoms with Crippen molar-refractivity contribution in [3.05, 3.63) is 59.2 Å². The minimum absolute atomic E-state index is 0.00237. The van der Waals surface area contributed by atoms with Crippen LogP contribution in [0.25, 0.3) is 11.1 Å². The van der Waals surface area contributed by atoms with Crippen molar-refractivity contribution in [3.8, 4) is 17.2 Å². The number of aliphatic hydroxyl groups excluding tert-OH is 1. The summed E-state index contributed by atoms with van der Waals surface area (Å²) in [6.45, 7) is 0.317. The van der Waals surface area contributed by atoms with Gasteiger partial charge < -0.3 is 9.84 Å². The Morgan fingerprint density at radius 1 is 1.09 bits per heavy atom. The van der Waals surface area contributed by atoms with Crippen molar-refractivity contribution in [2.75, 3.05) is 13.2 Å². The number of ether oxygens (including phenoxy) is 1. The maximum atomic E-state index is 14.5. The van der Waals surface area contributed by atoms with Crippen molar-refractivity contribution < 1.29 is 18.6 Å². The molecule has 22 heavy (non-hydrogen) atoms. The standard InChI is InChI=1S/C17H15F2NO2/c18-15-7-6-14(11-22-9-1-8-21)17(19)16(15)13-4-2-12(10-20)3-5-13/h2-7,21H,1,8-9,11H2. The molecule has 0 atom stereocenters. The lowest BCUT2D eigenvalue weighted by Gasteiger charge is -2.10. The van der Waals surface area contributed by atoms with Crippen LogP contribution in [0, 0.1) is 23.0 Å². The number of benzene rings is 2. The fourth-order valence-electron chi connectivity index (χ4n) is 2.03. The lowest BCUT2D eigenvalue weighted by molar-refractivity contribution is 0.102. The van der Waals surface area contributed by atoms with Gasteiger partial charge in [-0.2, -0.15) is 5.26 Å². The van der Waals surface area contributed by atoms with Crippen LogP contribution < -0.4 is 0 Å². The van der Waals surface area contributed by atoms with Crippen LogP contribution in [0.4, 0.5) is 8.78 Å². The van der Waals surface area contributed by atoms with Gasteiger partial charge in [-0.1, -0.05) is 18.2 Å². The summed E-state index contributed by atoms with van der Waals surface area (Å²) in [4.78, 5) is 0. The summed E-state index contributed by atoms with van der Waals surface area (Å²) in [6.07, 6.45) is 0.464. The van der Waals surface area contributed by atoms with E-state index in [0.29, 0.717) is 24.2 Å². The van der Waals surface area contributed by atoms with E-state index in [4.69, 9.17) is 15.1 Å². The Balaban J connectivity index is 2.28. The molecule has 0 unspecified atom stereocenters. The van der Waals surface area contributed by atoms with Crippen molar-refractivity contribution in [3.63, 3.8) is 0 Å². The molecule has 0 radical (unpaired) electrons. The third-order valence-electron chi connectivity index (χ3n) is 3.18. The van der Waals surface area contributed by atoms with Gasteiger partial charge in [0.05, 0.1) is 23.8 Å². The zero-order chi connectivity index (χ0) is 15.9. The van der Waals surface area contributed by atoms with Crippen molar-refractivity contribution in [1.29, 1.82) is 5.26 Å². The van der Waals surface area contributed by atoms with Gasteiger partial charge in [-0.05, 0) is 30.2 Å². The maximum absolute atomic E-state index is 14.5. The minimum atomic E-state index is -0.672. The van der Waals surface area contributed by atoms with E-state index in [0.717, 1.165) is 0 Å². The molecule has 0 saturated carbocycles. The highest BCUT2D eigenvalue weighted by Crippen LogP contribution is 2.28. The molecular formula is C17H15F2NO2. The van der Waals surface area contributed by atoms with Crippen LogP contribution in [-0.2, 0) is 11.3 Å². The van der Waals surface area contributed by atoms with Crippen LogP contribution >= 0.6 is 0 Å². The Morgan fingerprint density at radius 2 is 1.82 bits per heavy atom. The van der Waals surface area contributed by atoms with Crippen LogP contribution in [-0.4, -0.2) is 18.3 Å². The molecule has 0 amide bonds. The molecule has 0 aliphatic heterocycles. The maximum Gasteiger partial charge on any atom is 0.139 e. The molecule has 3 nitrogen and oxygen atoms in total. The van der Waals surface area contributed by atoms with Gasteiger partial charge in [-0.15, -0.1) is 0 Å². The molecule has 114 valence electrons. The van der Waals surface area contributed by atoms with Gasteiger partial charge in [0.25, 0.3) is 0 Å². The van der Waals surface area contributed by atoms with E-state index in [2.05, 4.69) is 0 Å². The molecule has 0 heterocycles. The number of aliphatic hydroxyl groups is 1. The van der Waals surface area contributed by atoms with Crippen molar-refractivity contribution in [2.45, 2.75) is 13.0 Å². The molecular weight excluding hydrogens is 288 g/mol. The molecule has 5 heteroatoms. The molecule has 0 aromatic heterocycles. The molecule has 0 saturated heterocycles. The Morgan fingerprint density at radius 3 is 2.45 bits per heavy atom. The van der Waals surface area contributed by atoms with Crippen molar-refractivity contribution in [1.82, 2.24) is 0 Å². The Bertz CT molecular complexity index is 678. The predicted molar refractivity (Wildman–Crippen MR) is 77.9 cm³/mol. The van der Waals surface area contributed by atoms with E-state index in [1.807, 2.05) is 6.07 Å². The molecule has 0 spiro atoms. The number of rotatable bonds is 6.